The zero-order chi connectivity index (χ0) is 12.3. The molecule has 0 amide bonds. The summed E-state index contributed by atoms with van der Waals surface area (Å²) in [6, 6.07) is 3.11. The van der Waals surface area contributed by atoms with Crippen molar-refractivity contribution in [3.05, 3.63) is 27.7 Å². The van der Waals surface area contributed by atoms with Gasteiger partial charge in [-0.1, -0.05) is 23.2 Å². The number of carbonyl (C=O) groups excluding carboxylic acids is 1. The van der Waals surface area contributed by atoms with Gasteiger partial charge in [-0.25, -0.2) is 0 Å². The predicted molar refractivity (Wildman–Crippen MR) is 66.3 cm³/mol. The van der Waals surface area contributed by atoms with Crippen LogP contribution in [-0.4, -0.2) is 25.6 Å². The summed E-state index contributed by atoms with van der Waals surface area (Å²) in [7, 11) is 0. The summed E-state index contributed by atoms with van der Waals surface area (Å²) in [6.45, 7) is 1.28. The van der Waals surface area contributed by atoms with Crippen molar-refractivity contribution in [3.63, 3.8) is 0 Å². The molecule has 1 unspecified atom stereocenters. The van der Waals surface area contributed by atoms with Crippen LogP contribution >= 0.6 is 23.2 Å². The van der Waals surface area contributed by atoms with E-state index >= 15 is 0 Å². The van der Waals surface area contributed by atoms with Crippen LogP contribution in [0.25, 0.3) is 0 Å². The quantitative estimate of drug-likeness (QED) is 0.793. The van der Waals surface area contributed by atoms with Gasteiger partial charge in [0.1, 0.15) is 11.9 Å². The molecule has 3 nitrogen and oxygen atoms in total. The van der Waals surface area contributed by atoms with Gasteiger partial charge in [-0.3, -0.25) is 4.79 Å². The lowest BCUT2D eigenvalue weighted by atomic mass is 10.1. The molecule has 0 saturated carbocycles. The first-order chi connectivity index (χ1) is 8.20. The molecular formula is C12H12Cl2O3. The second-order valence-electron chi connectivity index (χ2n) is 3.88. The van der Waals surface area contributed by atoms with E-state index in [1.165, 1.54) is 0 Å². The number of hydrogen-bond acceptors (Lipinski definition) is 3. The van der Waals surface area contributed by atoms with Crippen LogP contribution in [0.4, 0.5) is 0 Å². The first kappa shape index (κ1) is 12.7. The van der Waals surface area contributed by atoms with Crippen molar-refractivity contribution >= 4 is 29.5 Å². The van der Waals surface area contributed by atoms with Gasteiger partial charge in [0, 0.05) is 11.6 Å². The van der Waals surface area contributed by atoms with E-state index in [1.54, 1.807) is 12.1 Å². The number of ether oxygens (including phenoxy) is 2. The van der Waals surface area contributed by atoms with E-state index in [0.29, 0.717) is 34.3 Å². The van der Waals surface area contributed by atoms with Crippen molar-refractivity contribution in [1.82, 2.24) is 0 Å². The average molecular weight is 275 g/mol. The van der Waals surface area contributed by atoms with Crippen LogP contribution in [0.2, 0.25) is 10.0 Å². The van der Waals surface area contributed by atoms with Gasteiger partial charge < -0.3 is 9.47 Å². The van der Waals surface area contributed by atoms with E-state index in [1.807, 2.05) is 0 Å². The topological polar surface area (TPSA) is 35.5 Å². The summed E-state index contributed by atoms with van der Waals surface area (Å²) >= 11 is 11.8. The van der Waals surface area contributed by atoms with E-state index in [9.17, 15) is 4.79 Å². The molecule has 0 aliphatic carbocycles. The Labute approximate surface area is 110 Å². The molecule has 1 fully saturated rings. The zero-order valence-electron chi connectivity index (χ0n) is 9.12. The molecule has 1 saturated heterocycles. The van der Waals surface area contributed by atoms with Gasteiger partial charge in [-0.2, -0.15) is 0 Å². The van der Waals surface area contributed by atoms with Crippen LogP contribution < -0.4 is 4.74 Å². The molecule has 0 bridgehead atoms. The Kier molecular flexibility index (Phi) is 4.26. The van der Waals surface area contributed by atoms with Crippen molar-refractivity contribution in [2.75, 3.05) is 13.2 Å². The Morgan fingerprint density at radius 2 is 2.24 bits per heavy atom. The van der Waals surface area contributed by atoms with E-state index in [0.717, 1.165) is 19.4 Å². The van der Waals surface area contributed by atoms with E-state index in [4.69, 9.17) is 32.7 Å². The highest BCUT2D eigenvalue weighted by Crippen LogP contribution is 2.33. The third-order valence-electron chi connectivity index (χ3n) is 2.57. The third kappa shape index (κ3) is 3.12. The molecule has 0 N–H and O–H groups in total. The molecule has 1 aromatic rings. The second kappa shape index (κ2) is 5.71. The first-order valence-electron chi connectivity index (χ1n) is 5.39. The molecule has 5 heteroatoms. The monoisotopic (exact) mass is 274 g/mol. The van der Waals surface area contributed by atoms with Gasteiger partial charge in [-0.15, -0.1) is 0 Å². The number of benzene rings is 1. The summed E-state index contributed by atoms with van der Waals surface area (Å²) in [5, 5.41) is 0.773. The Morgan fingerprint density at radius 1 is 1.41 bits per heavy atom. The third-order valence-corrected chi connectivity index (χ3v) is 3.07. The fourth-order valence-corrected chi connectivity index (χ4v) is 2.32. The highest BCUT2D eigenvalue weighted by atomic mass is 35.5. The Balaban J connectivity index is 2.21. The van der Waals surface area contributed by atoms with Crippen molar-refractivity contribution < 1.29 is 14.3 Å². The normalized spacial score (nSPS) is 20.0. The highest BCUT2D eigenvalue weighted by Gasteiger charge is 2.19. The minimum Gasteiger partial charge on any atom is -0.486 e. The van der Waals surface area contributed by atoms with Crippen LogP contribution in [0.15, 0.2) is 12.1 Å². The van der Waals surface area contributed by atoms with Gasteiger partial charge in [0.15, 0.2) is 6.29 Å². The molecular weight excluding hydrogens is 263 g/mol. The predicted octanol–water partition coefficient (Wildman–Crippen LogP) is 3.36. The van der Waals surface area contributed by atoms with E-state index < -0.39 is 0 Å². The molecule has 2 rings (SSSR count). The maximum absolute atomic E-state index is 10.9. The fraction of sp³-hybridized carbons (Fsp3) is 0.417. The van der Waals surface area contributed by atoms with Crippen LogP contribution in [0.3, 0.4) is 0 Å². The maximum atomic E-state index is 10.9. The Morgan fingerprint density at radius 3 is 2.88 bits per heavy atom. The van der Waals surface area contributed by atoms with Crippen LogP contribution in [0, 0.1) is 0 Å². The van der Waals surface area contributed by atoms with Crippen molar-refractivity contribution in [1.29, 1.82) is 0 Å². The van der Waals surface area contributed by atoms with Crippen molar-refractivity contribution in [3.8, 4) is 5.75 Å². The standard InChI is InChI=1S/C12H12Cl2O3/c13-9-4-8(6-15)12(11(14)5-9)17-10-2-1-3-16-7-10/h4-6,10H,1-3,7H2. The lowest BCUT2D eigenvalue weighted by Crippen LogP contribution is -2.28. The van der Waals surface area contributed by atoms with E-state index in [-0.39, 0.29) is 6.10 Å². The molecule has 1 heterocycles. The van der Waals surface area contributed by atoms with Crippen LogP contribution in [0.5, 0.6) is 5.75 Å². The second-order valence-corrected chi connectivity index (χ2v) is 4.72. The van der Waals surface area contributed by atoms with E-state index in [2.05, 4.69) is 0 Å². The summed E-state index contributed by atoms with van der Waals surface area (Å²) in [4.78, 5) is 10.9. The average Bonchev–Trinajstić information content (AvgIpc) is 2.33. The number of rotatable bonds is 3. The zero-order valence-corrected chi connectivity index (χ0v) is 10.6. The largest absolute Gasteiger partial charge is 0.486 e. The molecule has 1 aliphatic rings. The van der Waals surface area contributed by atoms with Gasteiger partial charge in [0.2, 0.25) is 0 Å². The molecule has 0 spiro atoms. The molecule has 1 aromatic carbocycles. The summed E-state index contributed by atoms with van der Waals surface area (Å²) in [6.07, 6.45) is 2.49. The smallest absolute Gasteiger partial charge is 0.153 e. The van der Waals surface area contributed by atoms with Gasteiger partial charge in [0.05, 0.1) is 17.2 Å². The highest BCUT2D eigenvalue weighted by molar-refractivity contribution is 6.36. The number of aldehydes is 1. The summed E-state index contributed by atoms with van der Waals surface area (Å²) in [5.41, 5.74) is 0.369. The maximum Gasteiger partial charge on any atom is 0.153 e. The van der Waals surface area contributed by atoms with Crippen molar-refractivity contribution in [2.24, 2.45) is 0 Å². The van der Waals surface area contributed by atoms with Crippen LogP contribution in [0.1, 0.15) is 23.2 Å². The van der Waals surface area contributed by atoms with Gasteiger partial charge in [-0.05, 0) is 25.0 Å². The SMILES string of the molecule is O=Cc1cc(Cl)cc(Cl)c1OC1CCCOC1. The molecule has 0 aromatic heterocycles. The Hall–Kier alpha value is -0.770. The van der Waals surface area contributed by atoms with Crippen LogP contribution in [-0.2, 0) is 4.74 Å². The van der Waals surface area contributed by atoms with Crippen molar-refractivity contribution in [2.45, 2.75) is 18.9 Å². The Bertz CT molecular complexity index is 414. The molecule has 92 valence electrons. The number of halogens is 2. The first-order valence-corrected chi connectivity index (χ1v) is 6.15. The molecule has 1 aliphatic heterocycles. The molecule has 0 radical (unpaired) electrons. The summed E-state index contributed by atoms with van der Waals surface area (Å²) < 4.78 is 11.0. The fourth-order valence-electron chi connectivity index (χ4n) is 1.76. The lowest BCUT2D eigenvalue weighted by molar-refractivity contribution is 0.00724. The molecule has 17 heavy (non-hydrogen) atoms. The lowest BCUT2D eigenvalue weighted by Gasteiger charge is -2.24. The van der Waals surface area contributed by atoms with Gasteiger partial charge >= 0.3 is 0 Å². The number of hydrogen-bond donors (Lipinski definition) is 0. The summed E-state index contributed by atoms with van der Waals surface area (Å²) in [5.74, 6) is 0.390. The van der Waals surface area contributed by atoms with Gasteiger partial charge in [0.25, 0.3) is 0 Å². The minimum atomic E-state index is -0.0545. The molecule has 1 atom stereocenters. The number of carbonyl (C=O) groups is 1. The minimum absolute atomic E-state index is 0.0545.